The Morgan fingerprint density at radius 3 is 2.75 bits per heavy atom. The normalized spacial score (nSPS) is 15.1. The SMILES string of the molecule is CCn1nc(C)cc1COCC(C)(N)CC. The quantitative estimate of drug-likeness (QED) is 0.804. The monoisotopic (exact) mass is 225 g/mol. The summed E-state index contributed by atoms with van der Waals surface area (Å²) >= 11 is 0. The van der Waals surface area contributed by atoms with Crippen LogP contribution in [0.25, 0.3) is 0 Å². The van der Waals surface area contributed by atoms with E-state index in [9.17, 15) is 0 Å². The molecule has 4 heteroatoms. The smallest absolute Gasteiger partial charge is 0.0885 e. The van der Waals surface area contributed by atoms with Crippen LogP contribution < -0.4 is 5.73 Å². The summed E-state index contributed by atoms with van der Waals surface area (Å²) in [6, 6.07) is 2.06. The van der Waals surface area contributed by atoms with Gasteiger partial charge in [-0.3, -0.25) is 4.68 Å². The number of hydrogen-bond acceptors (Lipinski definition) is 3. The van der Waals surface area contributed by atoms with E-state index in [1.54, 1.807) is 0 Å². The van der Waals surface area contributed by atoms with E-state index in [1.165, 1.54) is 0 Å². The first-order valence-electron chi connectivity index (χ1n) is 5.88. The van der Waals surface area contributed by atoms with Crippen LogP contribution in [0.3, 0.4) is 0 Å². The molecule has 92 valence electrons. The third kappa shape index (κ3) is 3.61. The van der Waals surface area contributed by atoms with Crippen LogP contribution in [0.1, 0.15) is 38.6 Å². The second-order valence-corrected chi connectivity index (χ2v) is 4.59. The molecule has 4 nitrogen and oxygen atoms in total. The average molecular weight is 225 g/mol. The fraction of sp³-hybridized carbons (Fsp3) is 0.750. The highest BCUT2D eigenvalue weighted by atomic mass is 16.5. The Morgan fingerprint density at radius 2 is 2.19 bits per heavy atom. The molecule has 16 heavy (non-hydrogen) atoms. The Labute approximate surface area is 97.8 Å². The molecular weight excluding hydrogens is 202 g/mol. The molecule has 0 aliphatic carbocycles. The molecule has 1 rings (SSSR count). The van der Waals surface area contributed by atoms with E-state index < -0.39 is 0 Å². The van der Waals surface area contributed by atoms with Crippen LogP contribution in [0.4, 0.5) is 0 Å². The van der Waals surface area contributed by atoms with E-state index in [1.807, 2.05) is 18.5 Å². The van der Waals surface area contributed by atoms with Crippen LogP contribution in [-0.2, 0) is 17.9 Å². The van der Waals surface area contributed by atoms with Gasteiger partial charge in [0, 0.05) is 12.1 Å². The van der Waals surface area contributed by atoms with Crippen LogP contribution in [0, 0.1) is 6.92 Å². The summed E-state index contributed by atoms with van der Waals surface area (Å²) in [7, 11) is 0. The molecular formula is C12H23N3O. The lowest BCUT2D eigenvalue weighted by Gasteiger charge is -2.22. The minimum Gasteiger partial charge on any atom is -0.373 e. The average Bonchev–Trinajstić information content (AvgIpc) is 2.59. The maximum Gasteiger partial charge on any atom is 0.0885 e. The first-order chi connectivity index (χ1) is 7.48. The minimum atomic E-state index is -0.230. The van der Waals surface area contributed by atoms with Crippen molar-refractivity contribution >= 4 is 0 Å². The first kappa shape index (κ1) is 13.2. The minimum absolute atomic E-state index is 0.230. The van der Waals surface area contributed by atoms with Crippen molar-refractivity contribution in [2.75, 3.05) is 6.61 Å². The van der Waals surface area contributed by atoms with E-state index in [-0.39, 0.29) is 5.54 Å². The van der Waals surface area contributed by atoms with Gasteiger partial charge in [0.2, 0.25) is 0 Å². The fourth-order valence-corrected chi connectivity index (χ4v) is 1.48. The van der Waals surface area contributed by atoms with Gasteiger partial charge in [0.1, 0.15) is 0 Å². The highest BCUT2D eigenvalue weighted by Gasteiger charge is 2.16. The van der Waals surface area contributed by atoms with Crippen molar-refractivity contribution in [3.8, 4) is 0 Å². The molecule has 1 unspecified atom stereocenters. The van der Waals surface area contributed by atoms with Crippen molar-refractivity contribution in [2.45, 2.75) is 52.8 Å². The van der Waals surface area contributed by atoms with Gasteiger partial charge in [0.25, 0.3) is 0 Å². The Balaban J connectivity index is 2.48. The molecule has 2 N–H and O–H groups in total. The number of aryl methyl sites for hydroxylation is 2. The lowest BCUT2D eigenvalue weighted by Crippen LogP contribution is -2.40. The zero-order valence-corrected chi connectivity index (χ0v) is 10.8. The van der Waals surface area contributed by atoms with Crippen LogP contribution in [0.2, 0.25) is 0 Å². The molecule has 0 aromatic carbocycles. The number of hydrogen-bond donors (Lipinski definition) is 1. The summed E-state index contributed by atoms with van der Waals surface area (Å²) in [6.45, 7) is 10.2. The molecule has 0 amide bonds. The van der Waals surface area contributed by atoms with Crippen LogP contribution in [0.5, 0.6) is 0 Å². The number of rotatable bonds is 6. The summed E-state index contributed by atoms with van der Waals surface area (Å²) in [5.74, 6) is 0. The van der Waals surface area contributed by atoms with Crippen molar-refractivity contribution in [1.29, 1.82) is 0 Å². The van der Waals surface area contributed by atoms with E-state index in [0.29, 0.717) is 13.2 Å². The lowest BCUT2D eigenvalue weighted by atomic mass is 10.0. The van der Waals surface area contributed by atoms with Gasteiger partial charge in [0.05, 0.1) is 24.6 Å². The largest absolute Gasteiger partial charge is 0.373 e. The zero-order valence-electron chi connectivity index (χ0n) is 10.8. The van der Waals surface area contributed by atoms with E-state index >= 15 is 0 Å². The summed E-state index contributed by atoms with van der Waals surface area (Å²) < 4.78 is 7.61. The second kappa shape index (κ2) is 5.46. The number of nitrogens with two attached hydrogens (primary N) is 1. The summed E-state index contributed by atoms with van der Waals surface area (Å²) in [4.78, 5) is 0. The van der Waals surface area contributed by atoms with Crippen molar-refractivity contribution in [3.05, 3.63) is 17.5 Å². The highest BCUT2D eigenvalue weighted by molar-refractivity contribution is 5.07. The van der Waals surface area contributed by atoms with Gasteiger partial charge in [-0.25, -0.2) is 0 Å². The van der Waals surface area contributed by atoms with Crippen molar-refractivity contribution in [3.63, 3.8) is 0 Å². The van der Waals surface area contributed by atoms with Gasteiger partial charge in [-0.1, -0.05) is 6.92 Å². The molecule has 0 fully saturated rings. The molecule has 1 aromatic heterocycles. The Bertz CT molecular complexity index is 331. The third-order valence-electron chi connectivity index (χ3n) is 2.77. The van der Waals surface area contributed by atoms with Gasteiger partial charge in [-0.05, 0) is 33.3 Å². The van der Waals surface area contributed by atoms with E-state index in [0.717, 1.165) is 24.4 Å². The number of aromatic nitrogens is 2. The van der Waals surface area contributed by atoms with Crippen LogP contribution in [0.15, 0.2) is 6.07 Å². The van der Waals surface area contributed by atoms with E-state index in [2.05, 4.69) is 25.0 Å². The molecule has 1 aromatic rings. The van der Waals surface area contributed by atoms with Crippen molar-refractivity contribution < 1.29 is 4.74 Å². The Morgan fingerprint density at radius 1 is 1.50 bits per heavy atom. The summed E-state index contributed by atoms with van der Waals surface area (Å²) in [5, 5.41) is 4.37. The summed E-state index contributed by atoms with van der Waals surface area (Å²) in [6.07, 6.45) is 0.916. The predicted molar refractivity (Wildman–Crippen MR) is 65.2 cm³/mol. The lowest BCUT2D eigenvalue weighted by molar-refractivity contribution is 0.0734. The molecule has 0 saturated heterocycles. The van der Waals surface area contributed by atoms with Crippen LogP contribution >= 0.6 is 0 Å². The van der Waals surface area contributed by atoms with Crippen molar-refractivity contribution in [1.82, 2.24) is 9.78 Å². The standard InChI is InChI=1S/C12H23N3O/c1-5-12(4,13)9-16-8-11-7-10(3)14-15(11)6-2/h7H,5-6,8-9,13H2,1-4H3. The zero-order chi connectivity index (χ0) is 12.2. The molecule has 0 spiro atoms. The molecule has 1 atom stereocenters. The first-order valence-corrected chi connectivity index (χ1v) is 5.88. The molecule has 0 aliphatic rings. The number of ether oxygens (including phenoxy) is 1. The highest BCUT2D eigenvalue weighted by Crippen LogP contribution is 2.09. The fourth-order valence-electron chi connectivity index (χ4n) is 1.48. The molecule has 0 saturated carbocycles. The Hall–Kier alpha value is -0.870. The van der Waals surface area contributed by atoms with Gasteiger partial charge in [-0.15, -0.1) is 0 Å². The second-order valence-electron chi connectivity index (χ2n) is 4.59. The predicted octanol–water partition coefficient (Wildman–Crippen LogP) is 1.86. The maximum absolute atomic E-state index is 6.01. The molecule has 1 heterocycles. The van der Waals surface area contributed by atoms with Gasteiger partial charge >= 0.3 is 0 Å². The van der Waals surface area contributed by atoms with E-state index in [4.69, 9.17) is 10.5 Å². The van der Waals surface area contributed by atoms with Gasteiger partial charge in [0.15, 0.2) is 0 Å². The van der Waals surface area contributed by atoms with Gasteiger partial charge in [-0.2, -0.15) is 5.10 Å². The third-order valence-corrected chi connectivity index (χ3v) is 2.77. The molecule has 0 radical (unpaired) electrons. The molecule has 0 aliphatic heterocycles. The summed E-state index contributed by atoms with van der Waals surface area (Å²) in [5.41, 5.74) is 7.93. The topological polar surface area (TPSA) is 53.1 Å². The Kier molecular flexibility index (Phi) is 4.50. The maximum atomic E-state index is 6.01. The van der Waals surface area contributed by atoms with Crippen molar-refractivity contribution in [2.24, 2.45) is 5.73 Å². The number of nitrogens with zero attached hydrogens (tertiary/aromatic N) is 2. The molecule has 0 bridgehead atoms. The van der Waals surface area contributed by atoms with Gasteiger partial charge < -0.3 is 10.5 Å². The van der Waals surface area contributed by atoms with Crippen LogP contribution in [-0.4, -0.2) is 21.9 Å².